The second-order valence-electron chi connectivity index (χ2n) is 8.62. The van der Waals surface area contributed by atoms with E-state index in [0.717, 1.165) is 32.2 Å². The van der Waals surface area contributed by atoms with E-state index in [4.69, 9.17) is 4.74 Å². The van der Waals surface area contributed by atoms with Crippen LogP contribution in [-0.2, 0) is 14.8 Å². The highest BCUT2D eigenvalue weighted by molar-refractivity contribution is 14.0. The molecular formula is C17H37IN4O3S. The van der Waals surface area contributed by atoms with E-state index in [-0.39, 0.29) is 35.5 Å². The molecule has 1 aliphatic rings. The van der Waals surface area contributed by atoms with Gasteiger partial charge in [-0.1, -0.05) is 20.8 Å². The summed E-state index contributed by atoms with van der Waals surface area (Å²) in [7, 11) is -1.54. The van der Waals surface area contributed by atoms with Crippen LogP contribution in [0.4, 0.5) is 0 Å². The molecule has 3 N–H and O–H groups in total. The third kappa shape index (κ3) is 9.70. The summed E-state index contributed by atoms with van der Waals surface area (Å²) in [6.45, 7) is 12.3. The SMILES string of the molecule is CN=C(NCC1CCCOC1C(C)(C)C)NCC(C)(C)NS(C)(=O)=O.I. The van der Waals surface area contributed by atoms with Crippen LogP contribution in [0.25, 0.3) is 0 Å². The number of guanidine groups is 1. The van der Waals surface area contributed by atoms with Crippen molar-refractivity contribution in [2.24, 2.45) is 16.3 Å². The highest BCUT2D eigenvalue weighted by atomic mass is 127. The largest absolute Gasteiger partial charge is 0.377 e. The Morgan fingerprint density at radius 3 is 2.31 bits per heavy atom. The Morgan fingerprint density at radius 1 is 1.19 bits per heavy atom. The van der Waals surface area contributed by atoms with Gasteiger partial charge < -0.3 is 15.4 Å². The van der Waals surface area contributed by atoms with Crippen molar-refractivity contribution in [1.82, 2.24) is 15.4 Å². The van der Waals surface area contributed by atoms with E-state index in [1.165, 1.54) is 0 Å². The van der Waals surface area contributed by atoms with Gasteiger partial charge in [-0.3, -0.25) is 4.99 Å². The third-order valence-electron chi connectivity index (χ3n) is 4.21. The standard InChI is InChI=1S/C17H36N4O3S.HI/c1-16(2,3)14-13(9-8-10-24-14)11-19-15(18-6)20-12-17(4,5)21-25(7,22)23;/h13-14,21H,8-12H2,1-7H3,(H2,18,19,20);1H. The van der Waals surface area contributed by atoms with Crippen LogP contribution in [0.2, 0.25) is 0 Å². The zero-order valence-corrected chi connectivity index (χ0v) is 20.3. The van der Waals surface area contributed by atoms with Crippen molar-refractivity contribution >= 4 is 40.0 Å². The zero-order chi connectivity index (χ0) is 19.3. The van der Waals surface area contributed by atoms with Gasteiger partial charge in [-0.15, -0.1) is 24.0 Å². The quantitative estimate of drug-likeness (QED) is 0.292. The first kappa shape index (κ1) is 25.9. The van der Waals surface area contributed by atoms with Crippen LogP contribution in [0.5, 0.6) is 0 Å². The highest BCUT2D eigenvalue weighted by Crippen LogP contribution is 2.33. The average molecular weight is 504 g/mol. The lowest BCUT2D eigenvalue weighted by molar-refractivity contribution is -0.0835. The second-order valence-corrected chi connectivity index (χ2v) is 10.4. The minimum atomic E-state index is -3.26. The van der Waals surface area contributed by atoms with Gasteiger partial charge in [0, 0.05) is 38.2 Å². The average Bonchev–Trinajstić information content (AvgIpc) is 2.44. The van der Waals surface area contributed by atoms with E-state index in [1.54, 1.807) is 7.05 Å². The summed E-state index contributed by atoms with van der Waals surface area (Å²) >= 11 is 0. The summed E-state index contributed by atoms with van der Waals surface area (Å²) in [5.41, 5.74) is -0.502. The minimum Gasteiger partial charge on any atom is -0.377 e. The van der Waals surface area contributed by atoms with Gasteiger partial charge in [-0.25, -0.2) is 13.1 Å². The Kier molecular flexibility index (Phi) is 10.4. The molecule has 0 saturated carbocycles. The van der Waals surface area contributed by atoms with Crippen molar-refractivity contribution in [2.75, 3.05) is 33.0 Å². The molecule has 0 aromatic carbocycles. The Morgan fingerprint density at radius 2 is 1.81 bits per heavy atom. The Labute approximate surface area is 176 Å². The van der Waals surface area contributed by atoms with E-state index in [9.17, 15) is 8.42 Å². The van der Waals surface area contributed by atoms with Gasteiger partial charge in [0.2, 0.25) is 10.0 Å². The Hall–Kier alpha value is -0.130. The number of nitrogens with one attached hydrogen (secondary N) is 3. The highest BCUT2D eigenvalue weighted by Gasteiger charge is 2.35. The first-order valence-corrected chi connectivity index (χ1v) is 10.8. The van der Waals surface area contributed by atoms with E-state index in [2.05, 4.69) is 41.1 Å². The summed E-state index contributed by atoms with van der Waals surface area (Å²) in [6.07, 6.45) is 3.59. The molecule has 2 atom stereocenters. The summed E-state index contributed by atoms with van der Waals surface area (Å²) in [5.74, 6) is 1.09. The number of ether oxygens (including phenoxy) is 1. The van der Waals surface area contributed by atoms with Crippen LogP contribution in [0.1, 0.15) is 47.5 Å². The molecule has 2 unspecified atom stereocenters. The molecule has 1 aliphatic heterocycles. The molecule has 156 valence electrons. The second kappa shape index (κ2) is 10.4. The van der Waals surface area contributed by atoms with Crippen LogP contribution in [0, 0.1) is 11.3 Å². The fourth-order valence-corrected chi connectivity index (χ4v) is 4.38. The van der Waals surface area contributed by atoms with Gasteiger partial charge in [0.15, 0.2) is 5.96 Å². The van der Waals surface area contributed by atoms with E-state index < -0.39 is 15.6 Å². The number of halogens is 1. The zero-order valence-electron chi connectivity index (χ0n) is 17.2. The number of nitrogens with zero attached hydrogens (tertiary/aromatic N) is 1. The summed E-state index contributed by atoms with van der Waals surface area (Å²) in [6, 6.07) is 0. The minimum absolute atomic E-state index is 0. The Bertz CT molecular complexity index is 559. The maximum Gasteiger partial charge on any atom is 0.209 e. The third-order valence-corrected chi connectivity index (χ3v) is 5.14. The monoisotopic (exact) mass is 504 g/mol. The molecule has 0 bridgehead atoms. The molecule has 0 amide bonds. The van der Waals surface area contributed by atoms with E-state index in [0.29, 0.717) is 18.4 Å². The smallest absolute Gasteiger partial charge is 0.209 e. The van der Waals surface area contributed by atoms with E-state index in [1.807, 2.05) is 13.8 Å². The predicted molar refractivity (Wildman–Crippen MR) is 119 cm³/mol. The fraction of sp³-hybridized carbons (Fsp3) is 0.941. The van der Waals surface area contributed by atoms with Crippen molar-refractivity contribution in [2.45, 2.75) is 59.1 Å². The molecule has 1 fully saturated rings. The van der Waals surface area contributed by atoms with Crippen molar-refractivity contribution in [1.29, 1.82) is 0 Å². The summed E-state index contributed by atoms with van der Waals surface area (Å²) in [5, 5.41) is 6.55. The van der Waals surface area contributed by atoms with Gasteiger partial charge >= 0.3 is 0 Å². The molecule has 0 aliphatic carbocycles. The Balaban J connectivity index is 0.00000625. The lowest BCUT2D eigenvalue weighted by Gasteiger charge is -2.40. The van der Waals surface area contributed by atoms with Crippen LogP contribution in [-0.4, -0.2) is 59.0 Å². The molecule has 9 heteroatoms. The van der Waals surface area contributed by atoms with Crippen molar-refractivity contribution in [3.63, 3.8) is 0 Å². The van der Waals surface area contributed by atoms with Crippen molar-refractivity contribution in [3.05, 3.63) is 0 Å². The molecule has 7 nitrogen and oxygen atoms in total. The molecular weight excluding hydrogens is 467 g/mol. The summed E-state index contributed by atoms with van der Waals surface area (Å²) < 4.78 is 31.5. The normalized spacial score (nSPS) is 22.5. The first-order chi connectivity index (χ1) is 11.3. The van der Waals surface area contributed by atoms with E-state index >= 15 is 0 Å². The topological polar surface area (TPSA) is 91.8 Å². The number of aliphatic imine (C=N–C) groups is 1. The molecule has 0 radical (unpaired) electrons. The molecule has 26 heavy (non-hydrogen) atoms. The molecule has 0 aromatic heterocycles. The fourth-order valence-electron chi connectivity index (χ4n) is 3.30. The molecule has 0 spiro atoms. The maximum atomic E-state index is 11.4. The van der Waals surface area contributed by atoms with Crippen molar-refractivity contribution < 1.29 is 13.2 Å². The molecule has 1 saturated heterocycles. The maximum absolute atomic E-state index is 11.4. The van der Waals surface area contributed by atoms with Crippen LogP contribution in [0.15, 0.2) is 4.99 Å². The predicted octanol–water partition coefficient (Wildman–Crippen LogP) is 1.94. The number of hydrogen-bond donors (Lipinski definition) is 3. The lowest BCUT2D eigenvalue weighted by Crippen LogP contribution is -2.54. The lowest BCUT2D eigenvalue weighted by atomic mass is 9.78. The van der Waals surface area contributed by atoms with Gasteiger partial charge in [0.25, 0.3) is 0 Å². The van der Waals surface area contributed by atoms with Crippen molar-refractivity contribution in [3.8, 4) is 0 Å². The molecule has 1 rings (SSSR count). The van der Waals surface area contributed by atoms with Gasteiger partial charge in [-0.2, -0.15) is 0 Å². The van der Waals surface area contributed by atoms with Gasteiger partial charge in [0.1, 0.15) is 0 Å². The van der Waals surface area contributed by atoms with Crippen LogP contribution in [0.3, 0.4) is 0 Å². The summed E-state index contributed by atoms with van der Waals surface area (Å²) in [4.78, 5) is 4.24. The molecule has 1 heterocycles. The number of hydrogen-bond acceptors (Lipinski definition) is 4. The first-order valence-electron chi connectivity index (χ1n) is 8.89. The number of sulfonamides is 1. The van der Waals surface area contributed by atoms with Crippen LogP contribution < -0.4 is 15.4 Å². The van der Waals surface area contributed by atoms with Gasteiger partial charge in [0.05, 0.1) is 12.4 Å². The van der Waals surface area contributed by atoms with Crippen LogP contribution >= 0.6 is 24.0 Å². The molecule has 0 aromatic rings. The van der Waals surface area contributed by atoms with Gasteiger partial charge in [-0.05, 0) is 32.1 Å². The number of rotatable bonds is 6.